The molecule has 2 N–H and O–H groups in total. The minimum Gasteiger partial charge on any atom is -0.371 e. The third kappa shape index (κ3) is 2.77. The Morgan fingerprint density at radius 3 is 3.00 bits per heavy atom. The maximum absolute atomic E-state index is 12.5. The van der Waals surface area contributed by atoms with Crippen LogP contribution in [0, 0.1) is 11.8 Å². The average molecular weight is 358 g/mol. The molecule has 7 nitrogen and oxygen atoms in total. The highest BCUT2D eigenvalue weighted by molar-refractivity contribution is 5.80. The Kier molecular flexibility index (Phi) is 3.72. The number of carbonyl (C=O) groups is 1. The molecular formula is C19H26N4O3. The molecule has 0 radical (unpaired) electrons. The van der Waals surface area contributed by atoms with Gasteiger partial charge >= 0.3 is 0 Å². The van der Waals surface area contributed by atoms with Crippen molar-refractivity contribution >= 4 is 11.9 Å². The van der Waals surface area contributed by atoms with Gasteiger partial charge in [-0.3, -0.25) is 4.79 Å². The fourth-order valence-electron chi connectivity index (χ4n) is 4.89. The van der Waals surface area contributed by atoms with Crippen LogP contribution in [0.15, 0.2) is 6.20 Å². The van der Waals surface area contributed by atoms with E-state index in [2.05, 4.69) is 27.5 Å². The lowest BCUT2D eigenvalue weighted by Crippen LogP contribution is -2.51. The van der Waals surface area contributed by atoms with Crippen LogP contribution in [-0.4, -0.2) is 40.2 Å². The molecule has 0 aromatic carbocycles. The van der Waals surface area contributed by atoms with Gasteiger partial charge in [-0.15, -0.1) is 0 Å². The highest BCUT2D eigenvalue weighted by Gasteiger charge is 2.56. The molecule has 2 atom stereocenters. The molecule has 1 aromatic rings. The number of amides is 1. The van der Waals surface area contributed by atoms with E-state index >= 15 is 0 Å². The number of hydrogen-bond acceptors (Lipinski definition) is 6. The van der Waals surface area contributed by atoms with Crippen molar-refractivity contribution in [3.8, 4) is 0 Å². The van der Waals surface area contributed by atoms with Crippen LogP contribution < -0.4 is 10.6 Å². The van der Waals surface area contributed by atoms with Crippen LogP contribution in [-0.2, 0) is 27.5 Å². The summed E-state index contributed by atoms with van der Waals surface area (Å²) in [7, 11) is 0. The summed E-state index contributed by atoms with van der Waals surface area (Å²) in [4.78, 5) is 21.4. The van der Waals surface area contributed by atoms with E-state index in [9.17, 15) is 4.79 Å². The topological polar surface area (TPSA) is 85.4 Å². The van der Waals surface area contributed by atoms with Gasteiger partial charge in [-0.25, -0.2) is 9.97 Å². The molecule has 4 aliphatic rings. The average Bonchev–Trinajstić information content (AvgIpc) is 3.30. The molecule has 1 saturated heterocycles. The quantitative estimate of drug-likeness (QED) is 0.834. The third-order valence-electron chi connectivity index (χ3n) is 6.53. The minimum atomic E-state index is -0.223. The third-order valence-corrected chi connectivity index (χ3v) is 6.53. The molecule has 2 unspecified atom stereocenters. The van der Waals surface area contributed by atoms with E-state index < -0.39 is 0 Å². The molecule has 3 fully saturated rings. The molecule has 2 bridgehead atoms. The van der Waals surface area contributed by atoms with Gasteiger partial charge in [0.15, 0.2) is 0 Å². The van der Waals surface area contributed by atoms with Gasteiger partial charge < -0.3 is 20.1 Å². The van der Waals surface area contributed by atoms with E-state index in [4.69, 9.17) is 9.47 Å². The second-order valence-corrected chi connectivity index (χ2v) is 8.70. The van der Waals surface area contributed by atoms with Crippen molar-refractivity contribution in [2.45, 2.75) is 63.4 Å². The number of anilines is 1. The van der Waals surface area contributed by atoms with E-state index in [1.165, 1.54) is 0 Å². The number of fused-ring (bicyclic) bond motifs is 3. The number of carbonyl (C=O) groups excluding carboxylic acids is 1. The predicted octanol–water partition coefficient (Wildman–Crippen LogP) is 1.77. The fourth-order valence-corrected chi connectivity index (χ4v) is 4.89. The maximum Gasteiger partial charge on any atom is 0.223 e. The Morgan fingerprint density at radius 2 is 2.23 bits per heavy atom. The van der Waals surface area contributed by atoms with Crippen LogP contribution in [0.25, 0.3) is 0 Å². The molecule has 2 aliphatic heterocycles. The zero-order valence-electron chi connectivity index (χ0n) is 15.2. The van der Waals surface area contributed by atoms with Gasteiger partial charge in [0.2, 0.25) is 11.9 Å². The van der Waals surface area contributed by atoms with E-state index in [1.807, 2.05) is 6.20 Å². The van der Waals surface area contributed by atoms with Gasteiger partial charge in [0, 0.05) is 30.6 Å². The van der Waals surface area contributed by atoms with Crippen molar-refractivity contribution in [1.29, 1.82) is 0 Å². The molecule has 1 amide bonds. The number of rotatable bonds is 5. The zero-order chi connectivity index (χ0) is 17.8. The Labute approximate surface area is 153 Å². The number of nitrogens with zero attached hydrogens (tertiary/aromatic N) is 2. The number of nitrogens with one attached hydrogen (secondary N) is 2. The summed E-state index contributed by atoms with van der Waals surface area (Å²) in [6, 6.07) is 0. The molecule has 2 aliphatic carbocycles. The van der Waals surface area contributed by atoms with E-state index in [0.29, 0.717) is 38.2 Å². The molecule has 5 rings (SSSR count). The summed E-state index contributed by atoms with van der Waals surface area (Å²) in [6.07, 6.45) is 6.69. The van der Waals surface area contributed by atoms with Crippen molar-refractivity contribution in [3.63, 3.8) is 0 Å². The van der Waals surface area contributed by atoms with Gasteiger partial charge in [0.1, 0.15) is 0 Å². The predicted molar refractivity (Wildman–Crippen MR) is 94.3 cm³/mol. The molecule has 7 heteroatoms. The van der Waals surface area contributed by atoms with Crippen LogP contribution in [0.2, 0.25) is 0 Å². The summed E-state index contributed by atoms with van der Waals surface area (Å²) in [6.45, 7) is 4.65. The normalized spacial score (nSPS) is 37.3. The molecule has 140 valence electrons. The van der Waals surface area contributed by atoms with Crippen molar-refractivity contribution in [2.75, 3.05) is 18.5 Å². The molecule has 0 spiro atoms. The molecular weight excluding hydrogens is 332 g/mol. The Hall–Kier alpha value is -1.73. The van der Waals surface area contributed by atoms with E-state index in [0.717, 1.165) is 43.4 Å². The first-order valence-electron chi connectivity index (χ1n) is 9.67. The van der Waals surface area contributed by atoms with Gasteiger partial charge in [-0.05, 0) is 31.6 Å². The first-order chi connectivity index (χ1) is 12.5. The van der Waals surface area contributed by atoms with E-state index in [1.54, 1.807) is 0 Å². The Morgan fingerprint density at radius 1 is 1.35 bits per heavy atom. The number of ether oxygens (including phenoxy) is 2. The minimum absolute atomic E-state index is 0.176. The number of hydrogen-bond donors (Lipinski definition) is 2. The monoisotopic (exact) mass is 358 g/mol. The zero-order valence-corrected chi connectivity index (χ0v) is 15.2. The largest absolute Gasteiger partial charge is 0.371 e. The summed E-state index contributed by atoms with van der Waals surface area (Å²) in [5.41, 5.74) is 1.64. The van der Waals surface area contributed by atoms with Crippen molar-refractivity contribution in [2.24, 2.45) is 11.8 Å². The van der Waals surface area contributed by atoms with Gasteiger partial charge in [0.05, 0.1) is 36.7 Å². The van der Waals surface area contributed by atoms with Crippen LogP contribution >= 0.6 is 0 Å². The van der Waals surface area contributed by atoms with Gasteiger partial charge in [-0.1, -0.05) is 6.92 Å². The SMILES string of the molecule is CC1CC(C(=O)NC23CCC(CNc4ncc5c(n4)COC5)(C2)OC3)C1. The van der Waals surface area contributed by atoms with Crippen LogP contribution in [0.1, 0.15) is 50.3 Å². The standard InChI is InChI=1S/C19H26N4O3/c1-12-4-13(5-12)16(24)23-18-2-3-19(9-18,26-11-18)10-21-17-20-6-14-7-25-8-15(14)22-17/h6,12-13H,2-5,7-11H2,1H3,(H,23,24)(H,20,21,22). The first-order valence-corrected chi connectivity index (χ1v) is 9.67. The highest BCUT2D eigenvalue weighted by Crippen LogP contribution is 2.47. The first kappa shape index (κ1) is 16.4. The Bertz CT molecular complexity index is 723. The number of aromatic nitrogens is 2. The summed E-state index contributed by atoms with van der Waals surface area (Å²) in [5, 5.41) is 6.66. The smallest absolute Gasteiger partial charge is 0.223 e. The lowest BCUT2D eigenvalue weighted by molar-refractivity contribution is -0.131. The second kappa shape index (κ2) is 5.89. The summed E-state index contributed by atoms with van der Waals surface area (Å²) < 4.78 is 11.5. The van der Waals surface area contributed by atoms with Crippen molar-refractivity contribution in [1.82, 2.24) is 15.3 Å². The lowest BCUT2D eigenvalue weighted by atomic mass is 9.75. The van der Waals surface area contributed by atoms with Crippen molar-refractivity contribution in [3.05, 3.63) is 17.5 Å². The fraction of sp³-hybridized carbons (Fsp3) is 0.737. The van der Waals surface area contributed by atoms with E-state index in [-0.39, 0.29) is 23.0 Å². The van der Waals surface area contributed by atoms with Crippen LogP contribution in [0.5, 0.6) is 0 Å². The van der Waals surface area contributed by atoms with Gasteiger partial charge in [-0.2, -0.15) is 0 Å². The lowest BCUT2D eigenvalue weighted by Gasteiger charge is -2.35. The van der Waals surface area contributed by atoms with Crippen molar-refractivity contribution < 1.29 is 14.3 Å². The molecule has 1 aromatic heterocycles. The Balaban J connectivity index is 1.19. The molecule has 26 heavy (non-hydrogen) atoms. The molecule has 3 heterocycles. The summed E-state index contributed by atoms with van der Waals surface area (Å²) in [5.74, 6) is 1.74. The maximum atomic E-state index is 12.5. The van der Waals surface area contributed by atoms with Crippen LogP contribution in [0.4, 0.5) is 5.95 Å². The summed E-state index contributed by atoms with van der Waals surface area (Å²) >= 11 is 0. The highest BCUT2D eigenvalue weighted by atomic mass is 16.5. The van der Waals surface area contributed by atoms with Gasteiger partial charge in [0.25, 0.3) is 0 Å². The second-order valence-electron chi connectivity index (χ2n) is 8.70. The van der Waals surface area contributed by atoms with Crippen LogP contribution in [0.3, 0.4) is 0 Å². The molecule has 2 saturated carbocycles.